The van der Waals surface area contributed by atoms with Crippen molar-refractivity contribution < 1.29 is 14.3 Å². The van der Waals surface area contributed by atoms with Crippen LogP contribution in [-0.4, -0.2) is 25.1 Å². The minimum Gasteiger partial charge on any atom is -0.493 e. The first kappa shape index (κ1) is 15.8. The van der Waals surface area contributed by atoms with Gasteiger partial charge in [0, 0.05) is 28.9 Å². The molecule has 0 aliphatic rings. The van der Waals surface area contributed by atoms with Crippen molar-refractivity contribution in [2.45, 2.75) is 6.92 Å². The Bertz CT molecular complexity index is 901. The minimum atomic E-state index is -0.191. The zero-order valence-corrected chi connectivity index (χ0v) is 13.8. The predicted octanol–water partition coefficient (Wildman–Crippen LogP) is 3.81. The van der Waals surface area contributed by atoms with E-state index in [2.05, 4.69) is 10.3 Å². The summed E-state index contributed by atoms with van der Waals surface area (Å²) in [4.78, 5) is 17.0. The molecular formula is C19H18N2O3. The molecule has 0 atom stereocenters. The Morgan fingerprint density at radius 3 is 2.54 bits per heavy atom. The summed E-state index contributed by atoms with van der Waals surface area (Å²) in [5.41, 5.74) is 2.93. The molecule has 0 radical (unpaired) electrons. The number of aryl methyl sites for hydroxylation is 1. The van der Waals surface area contributed by atoms with Gasteiger partial charge in [0.25, 0.3) is 5.91 Å². The number of aromatic nitrogens is 1. The third-order valence-electron chi connectivity index (χ3n) is 3.87. The molecule has 0 unspecified atom stereocenters. The van der Waals surface area contributed by atoms with Gasteiger partial charge < -0.3 is 14.8 Å². The molecule has 0 aliphatic heterocycles. The van der Waals surface area contributed by atoms with Crippen molar-refractivity contribution >= 4 is 22.5 Å². The second kappa shape index (κ2) is 6.58. The number of hydrogen-bond acceptors (Lipinski definition) is 4. The van der Waals surface area contributed by atoms with Crippen LogP contribution in [0, 0.1) is 6.92 Å². The number of fused-ring (bicyclic) bond motifs is 1. The molecule has 0 fully saturated rings. The Morgan fingerprint density at radius 2 is 1.79 bits per heavy atom. The highest BCUT2D eigenvalue weighted by Gasteiger charge is 2.14. The lowest BCUT2D eigenvalue weighted by Crippen LogP contribution is -2.13. The first-order chi connectivity index (χ1) is 11.6. The van der Waals surface area contributed by atoms with E-state index in [9.17, 15) is 4.79 Å². The number of rotatable bonds is 4. The van der Waals surface area contributed by atoms with Crippen LogP contribution in [0.4, 0.5) is 5.69 Å². The number of carbonyl (C=O) groups is 1. The lowest BCUT2D eigenvalue weighted by molar-refractivity contribution is 0.102. The van der Waals surface area contributed by atoms with Crippen LogP contribution in [0.25, 0.3) is 10.9 Å². The fourth-order valence-corrected chi connectivity index (χ4v) is 2.61. The van der Waals surface area contributed by atoms with E-state index in [1.54, 1.807) is 32.5 Å². The average molecular weight is 322 g/mol. The maximum atomic E-state index is 12.7. The van der Waals surface area contributed by atoms with Gasteiger partial charge in [-0.2, -0.15) is 0 Å². The third kappa shape index (κ3) is 2.88. The SMILES string of the molecule is COc1cc(C)c(NC(=O)c2cccc3ncccc23)cc1OC. The topological polar surface area (TPSA) is 60.5 Å². The molecule has 1 N–H and O–H groups in total. The van der Waals surface area contributed by atoms with E-state index in [4.69, 9.17) is 9.47 Å². The normalized spacial score (nSPS) is 10.5. The molecule has 122 valence electrons. The summed E-state index contributed by atoms with van der Waals surface area (Å²) in [6.45, 7) is 1.90. The summed E-state index contributed by atoms with van der Waals surface area (Å²) in [5.74, 6) is 1.00. The van der Waals surface area contributed by atoms with E-state index < -0.39 is 0 Å². The zero-order chi connectivity index (χ0) is 17.1. The molecule has 0 saturated carbocycles. The van der Waals surface area contributed by atoms with Crippen molar-refractivity contribution in [1.82, 2.24) is 4.98 Å². The van der Waals surface area contributed by atoms with Gasteiger partial charge in [0.1, 0.15) is 0 Å². The van der Waals surface area contributed by atoms with Gasteiger partial charge in [-0.15, -0.1) is 0 Å². The second-order valence-electron chi connectivity index (χ2n) is 5.35. The van der Waals surface area contributed by atoms with Gasteiger partial charge in [-0.05, 0) is 36.8 Å². The molecule has 1 amide bonds. The van der Waals surface area contributed by atoms with Crippen molar-refractivity contribution in [2.24, 2.45) is 0 Å². The van der Waals surface area contributed by atoms with Gasteiger partial charge >= 0.3 is 0 Å². The van der Waals surface area contributed by atoms with Crippen molar-refractivity contribution in [1.29, 1.82) is 0 Å². The fourth-order valence-electron chi connectivity index (χ4n) is 2.61. The predicted molar refractivity (Wildman–Crippen MR) is 94.0 cm³/mol. The molecule has 0 spiro atoms. The Kier molecular flexibility index (Phi) is 4.33. The molecule has 0 aliphatic carbocycles. The van der Waals surface area contributed by atoms with Gasteiger partial charge in [0.15, 0.2) is 11.5 Å². The molecule has 5 heteroatoms. The molecule has 0 bridgehead atoms. The summed E-state index contributed by atoms with van der Waals surface area (Å²) in [7, 11) is 3.15. The highest BCUT2D eigenvalue weighted by molar-refractivity contribution is 6.12. The summed E-state index contributed by atoms with van der Waals surface area (Å²) < 4.78 is 10.6. The van der Waals surface area contributed by atoms with Crippen molar-refractivity contribution in [2.75, 3.05) is 19.5 Å². The van der Waals surface area contributed by atoms with Crippen LogP contribution in [0.5, 0.6) is 11.5 Å². The summed E-state index contributed by atoms with van der Waals surface area (Å²) in [5, 5.41) is 3.76. The maximum absolute atomic E-state index is 12.7. The molecule has 1 heterocycles. The Labute approximate surface area is 140 Å². The van der Waals surface area contributed by atoms with Crippen molar-refractivity contribution in [3.05, 3.63) is 59.8 Å². The maximum Gasteiger partial charge on any atom is 0.256 e. The molecule has 3 rings (SSSR count). The third-order valence-corrected chi connectivity index (χ3v) is 3.87. The number of nitrogens with one attached hydrogen (secondary N) is 1. The zero-order valence-electron chi connectivity index (χ0n) is 13.8. The average Bonchev–Trinajstić information content (AvgIpc) is 2.62. The van der Waals surface area contributed by atoms with Gasteiger partial charge in [-0.3, -0.25) is 9.78 Å². The van der Waals surface area contributed by atoms with Crippen LogP contribution in [0.3, 0.4) is 0 Å². The van der Waals surface area contributed by atoms with Crippen LogP contribution >= 0.6 is 0 Å². The summed E-state index contributed by atoms with van der Waals surface area (Å²) >= 11 is 0. The highest BCUT2D eigenvalue weighted by atomic mass is 16.5. The van der Waals surface area contributed by atoms with Gasteiger partial charge in [-0.25, -0.2) is 0 Å². The number of amides is 1. The standard InChI is InChI=1S/C19H18N2O3/c1-12-10-17(23-2)18(24-3)11-16(12)21-19(22)14-6-4-8-15-13(14)7-5-9-20-15/h4-11H,1-3H3,(H,21,22). The van der Waals surface area contributed by atoms with E-state index in [-0.39, 0.29) is 5.91 Å². The highest BCUT2D eigenvalue weighted by Crippen LogP contribution is 2.33. The Morgan fingerprint density at radius 1 is 1.04 bits per heavy atom. The molecule has 0 saturated heterocycles. The van der Waals surface area contributed by atoms with Crippen LogP contribution in [0.15, 0.2) is 48.7 Å². The number of hydrogen-bond donors (Lipinski definition) is 1. The molecule has 24 heavy (non-hydrogen) atoms. The molecule has 3 aromatic rings. The van der Waals surface area contributed by atoms with Crippen molar-refractivity contribution in [3.63, 3.8) is 0 Å². The number of methoxy groups -OCH3 is 2. The van der Waals surface area contributed by atoms with E-state index in [0.717, 1.165) is 16.5 Å². The number of nitrogens with zero attached hydrogens (tertiary/aromatic N) is 1. The number of benzene rings is 2. The van der Waals surface area contributed by atoms with Crippen LogP contribution in [0.2, 0.25) is 0 Å². The molecule has 5 nitrogen and oxygen atoms in total. The molecular weight excluding hydrogens is 304 g/mol. The largest absolute Gasteiger partial charge is 0.493 e. The van der Waals surface area contributed by atoms with Gasteiger partial charge in [0.05, 0.1) is 19.7 Å². The van der Waals surface area contributed by atoms with E-state index in [1.807, 2.05) is 37.3 Å². The lowest BCUT2D eigenvalue weighted by Gasteiger charge is -2.14. The smallest absolute Gasteiger partial charge is 0.256 e. The fraction of sp³-hybridized carbons (Fsp3) is 0.158. The Hall–Kier alpha value is -3.08. The van der Waals surface area contributed by atoms with E-state index >= 15 is 0 Å². The number of pyridine rings is 1. The Balaban J connectivity index is 1.97. The quantitative estimate of drug-likeness (QED) is 0.793. The van der Waals surface area contributed by atoms with Gasteiger partial charge in [-0.1, -0.05) is 12.1 Å². The van der Waals surface area contributed by atoms with E-state index in [1.165, 1.54) is 0 Å². The summed E-state index contributed by atoms with van der Waals surface area (Å²) in [6, 6.07) is 12.8. The van der Waals surface area contributed by atoms with Gasteiger partial charge in [0.2, 0.25) is 0 Å². The van der Waals surface area contributed by atoms with Crippen molar-refractivity contribution in [3.8, 4) is 11.5 Å². The number of anilines is 1. The first-order valence-corrected chi connectivity index (χ1v) is 7.51. The van der Waals surface area contributed by atoms with Crippen LogP contribution in [0.1, 0.15) is 15.9 Å². The minimum absolute atomic E-state index is 0.191. The number of ether oxygens (including phenoxy) is 2. The second-order valence-corrected chi connectivity index (χ2v) is 5.35. The van der Waals surface area contributed by atoms with Crippen LogP contribution in [-0.2, 0) is 0 Å². The number of carbonyl (C=O) groups excluding carboxylic acids is 1. The van der Waals surface area contributed by atoms with E-state index in [0.29, 0.717) is 22.7 Å². The summed E-state index contributed by atoms with van der Waals surface area (Å²) in [6.07, 6.45) is 1.71. The lowest BCUT2D eigenvalue weighted by atomic mass is 10.1. The molecule has 2 aromatic carbocycles. The first-order valence-electron chi connectivity index (χ1n) is 7.51. The molecule has 1 aromatic heterocycles. The monoisotopic (exact) mass is 322 g/mol. The van der Waals surface area contributed by atoms with Crippen LogP contribution < -0.4 is 14.8 Å².